The van der Waals surface area contributed by atoms with E-state index in [2.05, 4.69) is 40.8 Å². The molecule has 8 rings (SSSR count). The van der Waals surface area contributed by atoms with E-state index < -0.39 is 0 Å². The van der Waals surface area contributed by atoms with Gasteiger partial charge in [0.2, 0.25) is 5.78 Å². The van der Waals surface area contributed by atoms with Gasteiger partial charge < -0.3 is 29.7 Å². The molecular weight excluding hydrogens is 684 g/mol. The van der Waals surface area contributed by atoms with Gasteiger partial charge in [0.05, 0.1) is 57.5 Å². The number of ketones is 2. The van der Waals surface area contributed by atoms with Gasteiger partial charge in [-0.25, -0.2) is 4.68 Å². The second-order valence-electron chi connectivity index (χ2n) is 15.4. The van der Waals surface area contributed by atoms with Crippen LogP contribution in [-0.4, -0.2) is 75.9 Å². The molecule has 0 aliphatic heterocycles. The zero-order chi connectivity index (χ0) is 37.2. The van der Waals surface area contributed by atoms with E-state index in [4.69, 9.17) is 14.2 Å². The van der Waals surface area contributed by atoms with E-state index in [-0.39, 0.29) is 41.2 Å². The lowest BCUT2D eigenvalue weighted by atomic mass is 9.51. The molecule has 2 fully saturated rings. The Labute approximate surface area is 315 Å². The molecule has 2 saturated carbocycles. The molecule has 0 saturated heterocycles. The zero-order valence-corrected chi connectivity index (χ0v) is 30.7. The number of aryl methyl sites for hydroxylation is 1. The lowest BCUT2D eigenvalue weighted by molar-refractivity contribution is -0.0323. The number of carbonyl (C=O) groups is 2. The molecule has 0 spiro atoms. The summed E-state index contributed by atoms with van der Waals surface area (Å²) in [6, 6.07) is 21.2. The Morgan fingerprint density at radius 3 is 2.54 bits per heavy atom. The number of allylic oxidation sites excluding steroid dienone is 2. The van der Waals surface area contributed by atoms with Crippen LogP contribution in [0.1, 0.15) is 87.5 Å². The molecule has 11 heteroatoms. The van der Waals surface area contributed by atoms with Crippen molar-refractivity contribution in [3.05, 3.63) is 118 Å². The van der Waals surface area contributed by atoms with Crippen LogP contribution in [0, 0.1) is 17.3 Å². The van der Waals surface area contributed by atoms with Gasteiger partial charge in [0.1, 0.15) is 23.8 Å². The van der Waals surface area contributed by atoms with Crippen molar-refractivity contribution in [2.45, 2.75) is 70.1 Å². The van der Waals surface area contributed by atoms with Crippen molar-refractivity contribution in [2.24, 2.45) is 17.3 Å². The largest absolute Gasteiger partial charge is 0.508 e. The third-order valence-corrected chi connectivity index (χ3v) is 12.3. The number of aromatic nitrogens is 3. The number of aromatic hydroxyl groups is 1. The van der Waals surface area contributed by atoms with E-state index in [1.807, 2.05) is 24.3 Å². The quantitative estimate of drug-likeness (QED) is 0.137. The molecule has 3 N–H and O–H groups in total. The number of phenolic OH excluding ortho intramolecular Hbond substituents is 1. The van der Waals surface area contributed by atoms with E-state index >= 15 is 0 Å². The Morgan fingerprint density at radius 2 is 1.70 bits per heavy atom. The first-order valence-electron chi connectivity index (χ1n) is 19.2. The van der Waals surface area contributed by atoms with Crippen LogP contribution in [0.15, 0.2) is 84.7 Å². The van der Waals surface area contributed by atoms with Crippen LogP contribution in [0.25, 0.3) is 0 Å². The van der Waals surface area contributed by atoms with Gasteiger partial charge in [-0.05, 0) is 102 Å². The fourth-order valence-electron chi connectivity index (χ4n) is 9.66. The van der Waals surface area contributed by atoms with E-state index in [1.165, 1.54) is 22.8 Å². The van der Waals surface area contributed by atoms with E-state index in [1.54, 1.807) is 35.1 Å². The molecule has 0 unspecified atom stereocenters. The number of aliphatic hydroxyl groups is 1. The second kappa shape index (κ2) is 15.5. The van der Waals surface area contributed by atoms with Gasteiger partial charge in [0, 0.05) is 17.2 Å². The number of fused-ring (bicyclic) bond motifs is 6. The molecule has 4 aliphatic rings. The van der Waals surface area contributed by atoms with Crippen LogP contribution in [0.5, 0.6) is 11.5 Å². The first-order chi connectivity index (χ1) is 26.3. The van der Waals surface area contributed by atoms with Gasteiger partial charge >= 0.3 is 0 Å². The monoisotopic (exact) mass is 732 g/mol. The van der Waals surface area contributed by atoms with Crippen molar-refractivity contribution in [1.82, 2.24) is 20.3 Å². The Bertz CT molecular complexity index is 2030. The number of rotatable bonds is 14. The Hall–Kier alpha value is -4.84. The highest BCUT2D eigenvalue weighted by Crippen LogP contribution is 2.65. The average molecular weight is 733 g/mol. The van der Waals surface area contributed by atoms with Gasteiger partial charge in [-0.1, -0.05) is 54.6 Å². The van der Waals surface area contributed by atoms with Gasteiger partial charge in [-0.3, -0.25) is 9.59 Å². The summed E-state index contributed by atoms with van der Waals surface area (Å²) in [6.45, 7) is 5.27. The first-order valence-corrected chi connectivity index (χ1v) is 19.2. The smallest absolute Gasteiger partial charge is 0.209 e. The third kappa shape index (κ3) is 7.20. The number of hydrogen-bond donors (Lipinski definition) is 3. The maximum atomic E-state index is 12.7. The van der Waals surface area contributed by atoms with Crippen molar-refractivity contribution >= 4 is 11.6 Å². The molecule has 3 aromatic carbocycles. The summed E-state index contributed by atoms with van der Waals surface area (Å²) in [4.78, 5) is 25.1. The first kappa shape index (κ1) is 36.2. The van der Waals surface area contributed by atoms with Crippen molar-refractivity contribution in [3.8, 4) is 11.5 Å². The van der Waals surface area contributed by atoms with Crippen LogP contribution >= 0.6 is 0 Å². The summed E-state index contributed by atoms with van der Waals surface area (Å²) in [5, 5.41) is 32.7. The molecule has 282 valence electrons. The minimum Gasteiger partial charge on any atom is -0.508 e. The van der Waals surface area contributed by atoms with Crippen molar-refractivity contribution in [3.63, 3.8) is 0 Å². The number of phenols is 1. The molecule has 54 heavy (non-hydrogen) atoms. The number of nitrogens with one attached hydrogen (secondary N) is 1. The van der Waals surface area contributed by atoms with E-state index in [9.17, 15) is 19.8 Å². The van der Waals surface area contributed by atoms with Gasteiger partial charge in [0.15, 0.2) is 5.78 Å². The Kier molecular flexibility index (Phi) is 10.4. The molecule has 4 aliphatic carbocycles. The fraction of sp³-hybridized carbons (Fsp3) is 0.442. The molecule has 11 nitrogen and oxygen atoms in total. The molecule has 0 radical (unpaired) electrons. The molecule has 0 amide bonds. The molecular formula is C43H48N4O7. The number of ether oxygens (including phenoxy) is 3. The number of nitrogens with zero attached hydrogens (tertiary/aromatic N) is 3. The molecule has 1 aromatic heterocycles. The predicted molar refractivity (Wildman–Crippen MR) is 200 cm³/mol. The summed E-state index contributed by atoms with van der Waals surface area (Å²) in [7, 11) is 0. The zero-order valence-electron chi connectivity index (χ0n) is 30.7. The highest BCUT2D eigenvalue weighted by atomic mass is 16.5. The maximum Gasteiger partial charge on any atom is 0.209 e. The summed E-state index contributed by atoms with van der Waals surface area (Å²) in [6.07, 6.45) is 7.87. The standard InChI is InChI=1S/C43H48N4O7/c1-43-24-36(41-32-13-9-30(48)22-28(32)8-12-35(41)37(43)14-15-40(43)50)27-6-10-31(11-7-27)54-21-20-53-19-18-52-17-16-47-26-29(45-46-47)25-44-38-23-39(49)33-4-2-3-5-34(33)42(38)51/h2-7,9-11,13,22-23,26,35-37,40-41,44,48,50H,8,12,14-21,24-25H2,1H3/t35-,36+,37-,40-,41+,43-/m0/s1. The SMILES string of the molecule is C[C@]12C[C@H](c3ccc(OCCOCCOCCn4cc(CNC5=CC(=O)c6ccccc6C5=O)nn4)cc3)[C@@H]3c4ccc(O)cc4CC[C@H]3[C@@H]1CC[C@@H]2O. The summed E-state index contributed by atoms with van der Waals surface area (Å²) >= 11 is 0. The van der Waals surface area contributed by atoms with Crippen LogP contribution in [0.3, 0.4) is 0 Å². The number of carbonyl (C=O) groups excluding carboxylic acids is 2. The van der Waals surface area contributed by atoms with E-state index in [0.717, 1.165) is 37.9 Å². The lowest BCUT2D eigenvalue weighted by Crippen LogP contribution is -2.47. The number of benzene rings is 3. The normalized spacial score (nSPS) is 25.7. The summed E-state index contributed by atoms with van der Waals surface area (Å²) in [5.74, 6) is 2.44. The van der Waals surface area contributed by atoms with Gasteiger partial charge in [-0.15, -0.1) is 5.10 Å². The van der Waals surface area contributed by atoms with Crippen LogP contribution in [0.4, 0.5) is 0 Å². The Balaban J connectivity index is 0.750. The highest BCUT2D eigenvalue weighted by Gasteiger charge is 2.57. The van der Waals surface area contributed by atoms with Crippen molar-refractivity contribution in [2.75, 3.05) is 33.0 Å². The number of Topliss-reactive ketones (excluding diaryl/α,β-unsaturated/α-hetero) is 1. The van der Waals surface area contributed by atoms with Gasteiger partial charge in [0.25, 0.3) is 0 Å². The summed E-state index contributed by atoms with van der Waals surface area (Å²) < 4.78 is 19.1. The topological polar surface area (TPSA) is 145 Å². The molecule has 6 atom stereocenters. The predicted octanol–water partition coefficient (Wildman–Crippen LogP) is 5.76. The molecule has 4 aromatic rings. The minimum atomic E-state index is -0.260. The average Bonchev–Trinajstić information content (AvgIpc) is 3.77. The third-order valence-electron chi connectivity index (χ3n) is 12.3. The van der Waals surface area contributed by atoms with Crippen molar-refractivity contribution in [1.29, 1.82) is 0 Å². The van der Waals surface area contributed by atoms with Gasteiger partial charge in [-0.2, -0.15) is 0 Å². The lowest BCUT2D eigenvalue weighted by Gasteiger charge is -2.54. The van der Waals surface area contributed by atoms with Crippen molar-refractivity contribution < 1.29 is 34.0 Å². The summed E-state index contributed by atoms with van der Waals surface area (Å²) in [5.41, 5.74) is 5.55. The number of hydrogen-bond acceptors (Lipinski definition) is 10. The number of aliphatic hydroxyl groups excluding tert-OH is 1. The van der Waals surface area contributed by atoms with E-state index in [0.29, 0.717) is 79.9 Å². The minimum absolute atomic E-state index is 0.0801. The molecule has 1 heterocycles. The van der Waals surface area contributed by atoms with Crippen LogP contribution in [-0.2, 0) is 29.0 Å². The highest BCUT2D eigenvalue weighted by molar-refractivity contribution is 6.24. The fourth-order valence-corrected chi connectivity index (χ4v) is 9.66. The van der Waals surface area contributed by atoms with Crippen LogP contribution < -0.4 is 10.1 Å². The second-order valence-corrected chi connectivity index (χ2v) is 15.4. The molecule has 0 bridgehead atoms. The maximum absolute atomic E-state index is 12.7. The Morgan fingerprint density at radius 1 is 0.926 bits per heavy atom. The van der Waals surface area contributed by atoms with Crippen LogP contribution in [0.2, 0.25) is 0 Å².